The van der Waals surface area contributed by atoms with Crippen molar-refractivity contribution in [1.29, 1.82) is 0 Å². The Balaban J connectivity index is 2.22. The van der Waals surface area contributed by atoms with Gasteiger partial charge in [-0.2, -0.15) is 0 Å². The lowest BCUT2D eigenvalue weighted by Crippen LogP contribution is -2.36. The van der Waals surface area contributed by atoms with Crippen LogP contribution in [0, 0.1) is 5.92 Å². The number of hydrogen-bond acceptors (Lipinski definition) is 2. The van der Waals surface area contributed by atoms with E-state index >= 15 is 0 Å². The van der Waals surface area contributed by atoms with Crippen molar-refractivity contribution in [3.8, 4) is 0 Å². The molecule has 0 amide bonds. The van der Waals surface area contributed by atoms with Crippen molar-refractivity contribution < 1.29 is 8.85 Å². The minimum Gasteiger partial charge on any atom is -0.417 e. The maximum atomic E-state index is 6.18. The van der Waals surface area contributed by atoms with E-state index in [0.717, 1.165) is 12.5 Å². The fourth-order valence-corrected chi connectivity index (χ4v) is 4.26. The molecule has 0 bridgehead atoms. The Morgan fingerprint density at radius 2 is 1.35 bits per heavy atom. The first-order valence-corrected chi connectivity index (χ1v) is 13.8. The van der Waals surface area contributed by atoms with Gasteiger partial charge in [0.2, 0.25) is 0 Å². The standard InChI is InChI=1S/C13H30O2Si2/c1-16(2,3)14-11-12-7-9-13(10-8-12)15-17(4,5)6/h12-13H,7-11H2,1-6H3. The molecule has 0 aromatic carbocycles. The van der Waals surface area contributed by atoms with Crippen LogP contribution in [0.2, 0.25) is 39.3 Å². The van der Waals surface area contributed by atoms with E-state index in [1.807, 2.05) is 0 Å². The van der Waals surface area contributed by atoms with Gasteiger partial charge in [-0.15, -0.1) is 0 Å². The highest BCUT2D eigenvalue weighted by Crippen LogP contribution is 2.28. The lowest BCUT2D eigenvalue weighted by molar-refractivity contribution is 0.103. The van der Waals surface area contributed by atoms with E-state index in [1.54, 1.807) is 0 Å². The number of hydrogen-bond donors (Lipinski definition) is 0. The molecule has 0 atom stereocenters. The summed E-state index contributed by atoms with van der Waals surface area (Å²) in [5.41, 5.74) is 0. The third-order valence-corrected chi connectivity index (χ3v) is 5.14. The highest BCUT2D eigenvalue weighted by atomic mass is 28.4. The zero-order chi connectivity index (χ0) is 13.1. The van der Waals surface area contributed by atoms with Gasteiger partial charge in [-0.1, -0.05) is 0 Å². The maximum absolute atomic E-state index is 6.18. The third-order valence-electron chi connectivity index (χ3n) is 3.07. The molecule has 1 aliphatic carbocycles. The van der Waals surface area contributed by atoms with Crippen LogP contribution in [0.25, 0.3) is 0 Å². The summed E-state index contributed by atoms with van der Waals surface area (Å²) >= 11 is 0. The second-order valence-electron chi connectivity index (χ2n) is 7.30. The third kappa shape index (κ3) is 7.39. The summed E-state index contributed by atoms with van der Waals surface area (Å²) in [4.78, 5) is 0. The van der Waals surface area contributed by atoms with Crippen LogP contribution in [0.5, 0.6) is 0 Å². The van der Waals surface area contributed by atoms with Crippen LogP contribution in [-0.2, 0) is 8.85 Å². The fourth-order valence-electron chi connectivity index (χ4n) is 2.28. The van der Waals surface area contributed by atoms with Crippen molar-refractivity contribution in [2.75, 3.05) is 6.61 Å². The van der Waals surface area contributed by atoms with Crippen LogP contribution in [0.3, 0.4) is 0 Å². The topological polar surface area (TPSA) is 18.5 Å². The summed E-state index contributed by atoms with van der Waals surface area (Å²) in [5.74, 6) is 0.781. The zero-order valence-corrected chi connectivity index (χ0v) is 14.5. The van der Waals surface area contributed by atoms with Crippen molar-refractivity contribution in [1.82, 2.24) is 0 Å². The van der Waals surface area contributed by atoms with Crippen LogP contribution < -0.4 is 0 Å². The molecule has 102 valence electrons. The van der Waals surface area contributed by atoms with Gasteiger partial charge in [-0.05, 0) is 70.9 Å². The number of rotatable bonds is 5. The molecule has 1 saturated carbocycles. The normalized spacial score (nSPS) is 27.2. The van der Waals surface area contributed by atoms with Gasteiger partial charge in [0.1, 0.15) is 0 Å². The summed E-state index contributed by atoms with van der Waals surface area (Å²) in [5, 5.41) is 0. The van der Waals surface area contributed by atoms with Gasteiger partial charge >= 0.3 is 0 Å². The summed E-state index contributed by atoms with van der Waals surface area (Å²) in [6.07, 6.45) is 5.59. The van der Waals surface area contributed by atoms with Gasteiger partial charge in [0.05, 0.1) is 0 Å². The Hall–Kier alpha value is 0.354. The second kappa shape index (κ2) is 6.00. The minimum absolute atomic E-state index is 0.532. The molecule has 0 unspecified atom stereocenters. The van der Waals surface area contributed by atoms with Crippen LogP contribution in [0.4, 0.5) is 0 Å². The zero-order valence-electron chi connectivity index (χ0n) is 12.5. The first-order chi connectivity index (χ1) is 7.66. The average molecular weight is 275 g/mol. The smallest absolute Gasteiger partial charge is 0.184 e. The lowest BCUT2D eigenvalue weighted by Gasteiger charge is -2.33. The van der Waals surface area contributed by atoms with Gasteiger partial charge < -0.3 is 8.85 Å². The molecule has 0 aliphatic heterocycles. The summed E-state index contributed by atoms with van der Waals surface area (Å²) in [7, 11) is -2.66. The molecule has 2 nitrogen and oxygen atoms in total. The van der Waals surface area contributed by atoms with E-state index < -0.39 is 16.6 Å². The molecule has 0 aromatic rings. The Morgan fingerprint density at radius 1 is 0.824 bits per heavy atom. The Bertz CT molecular complexity index is 223. The highest BCUT2D eigenvalue weighted by molar-refractivity contribution is 6.70. The maximum Gasteiger partial charge on any atom is 0.184 e. The van der Waals surface area contributed by atoms with E-state index in [2.05, 4.69) is 39.3 Å². The molecule has 0 saturated heterocycles. The molecule has 0 heterocycles. The van der Waals surface area contributed by atoms with Crippen molar-refractivity contribution in [2.45, 2.75) is 71.1 Å². The molecule has 17 heavy (non-hydrogen) atoms. The average Bonchev–Trinajstić information content (AvgIpc) is 2.13. The molecule has 1 rings (SSSR count). The first kappa shape index (κ1) is 15.4. The van der Waals surface area contributed by atoms with Crippen LogP contribution in [-0.4, -0.2) is 29.3 Å². The van der Waals surface area contributed by atoms with E-state index in [-0.39, 0.29) is 0 Å². The highest BCUT2D eigenvalue weighted by Gasteiger charge is 2.27. The Labute approximate surface area is 109 Å². The SMILES string of the molecule is C[Si](C)(C)OCC1CCC(O[Si](C)(C)C)CC1. The van der Waals surface area contributed by atoms with E-state index in [1.165, 1.54) is 25.7 Å². The second-order valence-corrected chi connectivity index (χ2v) is 16.3. The van der Waals surface area contributed by atoms with Gasteiger partial charge in [0.25, 0.3) is 0 Å². The van der Waals surface area contributed by atoms with Gasteiger partial charge in [-0.3, -0.25) is 0 Å². The van der Waals surface area contributed by atoms with E-state index in [9.17, 15) is 0 Å². The minimum atomic E-state index is -1.34. The Morgan fingerprint density at radius 3 is 1.76 bits per heavy atom. The predicted octanol–water partition coefficient (Wildman–Crippen LogP) is 4.25. The van der Waals surface area contributed by atoms with Crippen LogP contribution in [0.1, 0.15) is 25.7 Å². The summed E-state index contributed by atoms with van der Waals surface area (Å²) in [6, 6.07) is 0. The Kier molecular flexibility index (Phi) is 5.44. The van der Waals surface area contributed by atoms with Gasteiger partial charge in [-0.25, -0.2) is 0 Å². The van der Waals surface area contributed by atoms with Gasteiger partial charge in [0, 0.05) is 12.7 Å². The van der Waals surface area contributed by atoms with Crippen molar-refractivity contribution in [2.24, 2.45) is 5.92 Å². The van der Waals surface area contributed by atoms with Crippen molar-refractivity contribution >= 4 is 16.6 Å². The summed E-state index contributed by atoms with van der Waals surface area (Å²) < 4.78 is 12.2. The quantitative estimate of drug-likeness (QED) is 0.698. The summed E-state index contributed by atoms with van der Waals surface area (Å²) in [6.45, 7) is 14.6. The first-order valence-electron chi connectivity index (χ1n) is 6.97. The fraction of sp³-hybridized carbons (Fsp3) is 1.00. The molecular weight excluding hydrogens is 244 g/mol. The van der Waals surface area contributed by atoms with Crippen LogP contribution in [0.15, 0.2) is 0 Å². The molecule has 4 heteroatoms. The largest absolute Gasteiger partial charge is 0.417 e. The van der Waals surface area contributed by atoms with Crippen molar-refractivity contribution in [3.05, 3.63) is 0 Å². The monoisotopic (exact) mass is 274 g/mol. The molecule has 0 radical (unpaired) electrons. The van der Waals surface area contributed by atoms with E-state index in [4.69, 9.17) is 8.85 Å². The molecule has 1 fully saturated rings. The molecule has 0 spiro atoms. The molecule has 1 aliphatic rings. The van der Waals surface area contributed by atoms with E-state index in [0.29, 0.717) is 6.10 Å². The lowest BCUT2D eigenvalue weighted by atomic mass is 9.88. The molecule has 0 N–H and O–H groups in total. The van der Waals surface area contributed by atoms with Crippen molar-refractivity contribution in [3.63, 3.8) is 0 Å². The molecular formula is C13H30O2Si2. The predicted molar refractivity (Wildman–Crippen MR) is 79.5 cm³/mol. The van der Waals surface area contributed by atoms with Crippen LogP contribution >= 0.6 is 0 Å². The van der Waals surface area contributed by atoms with Gasteiger partial charge in [0.15, 0.2) is 16.6 Å². The molecule has 0 aromatic heterocycles.